The van der Waals surface area contributed by atoms with Gasteiger partial charge in [-0.1, -0.05) is 36.0 Å². The van der Waals surface area contributed by atoms with Gasteiger partial charge in [-0.15, -0.1) is 0 Å². The molecule has 3 N–H and O–H groups in total. The number of amides is 1. The van der Waals surface area contributed by atoms with Gasteiger partial charge in [0, 0.05) is 24.8 Å². The predicted molar refractivity (Wildman–Crippen MR) is 100 cm³/mol. The fourth-order valence-corrected chi connectivity index (χ4v) is 3.02. The summed E-state index contributed by atoms with van der Waals surface area (Å²) in [5.41, 5.74) is 2.05. The van der Waals surface area contributed by atoms with Crippen LogP contribution in [0.25, 0.3) is 0 Å². The van der Waals surface area contributed by atoms with E-state index in [4.69, 9.17) is 5.11 Å². The Kier molecular flexibility index (Phi) is 6.80. The third-order valence-electron chi connectivity index (χ3n) is 3.68. The minimum absolute atomic E-state index is 0.0408. The molecule has 0 aromatic heterocycles. The summed E-state index contributed by atoms with van der Waals surface area (Å²) in [5.74, 6) is -1.32. The lowest BCUT2D eigenvalue weighted by Gasteiger charge is -2.10. The van der Waals surface area contributed by atoms with Gasteiger partial charge in [0.05, 0.1) is 0 Å². The number of nitrogens with one attached hydrogen (secondary N) is 1. The van der Waals surface area contributed by atoms with E-state index in [2.05, 4.69) is 5.32 Å². The van der Waals surface area contributed by atoms with Crippen LogP contribution in [-0.2, 0) is 21.8 Å². The van der Waals surface area contributed by atoms with Gasteiger partial charge in [-0.3, -0.25) is 9.59 Å². The van der Waals surface area contributed by atoms with E-state index < -0.39 is 5.97 Å². The number of thioether (sulfide) groups is 1. The van der Waals surface area contributed by atoms with Gasteiger partial charge in [-0.2, -0.15) is 0 Å². The first-order chi connectivity index (χ1) is 12.4. The number of rotatable bonds is 7. The molecule has 0 aliphatic rings. The Hall–Kier alpha value is -2.80. The largest absolute Gasteiger partial charge is 0.507 e. The highest BCUT2D eigenvalue weighted by atomic mass is 32.2. The van der Waals surface area contributed by atoms with E-state index in [0.29, 0.717) is 17.9 Å². The fourth-order valence-electron chi connectivity index (χ4n) is 2.38. The van der Waals surface area contributed by atoms with Crippen LogP contribution in [0.2, 0.25) is 0 Å². The van der Waals surface area contributed by atoms with Crippen molar-refractivity contribution in [2.75, 3.05) is 5.32 Å². The van der Waals surface area contributed by atoms with Crippen molar-refractivity contribution in [3.8, 4) is 5.75 Å². The Balaban J connectivity index is 1.98. The molecule has 0 radical (unpaired) electrons. The summed E-state index contributed by atoms with van der Waals surface area (Å²) in [5, 5.41) is 21.2. The van der Waals surface area contributed by atoms with Crippen molar-refractivity contribution in [2.45, 2.75) is 25.5 Å². The van der Waals surface area contributed by atoms with Gasteiger partial charge >= 0.3 is 5.97 Å². The van der Waals surface area contributed by atoms with Gasteiger partial charge in [0.15, 0.2) is 5.12 Å². The quantitative estimate of drug-likeness (QED) is 0.642. The summed E-state index contributed by atoms with van der Waals surface area (Å²) in [6.07, 6.45) is 0.718. The Bertz CT molecular complexity index is 834. The average Bonchev–Trinajstić information content (AvgIpc) is 2.60. The minimum Gasteiger partial charge on any atom is -0.507 e. The van der Waals surface area contributed by atoms with E-state index in [9.17, 15) is 19.5 Å². The van der Waals surface area contributed by atoms with Crippen LogP contribution in [0.4, 0.5) is 5.69 Å². The molecular weight excluding hydrogens is 354 g/mol. The zero-order valence-electron chi connectivity index (χ0n) is 14.2. The minimum atomic E-state index is -1.27. The molecule has 0 spiro atoms. The lowest BCUT2D eigenvalue weighted by molar-refractivity contribution is -0.116. The summed E-state index contributed by atoms with van der Waals surface area (Å²) in [6, 6.07) is 11.5. The maximum atomic E-state index is 12.1. The number of aromatic hydroxyl groups is 1. The van der Waals surface area contributed by atoms with Crippen LogP contribution in [0.5, 0.6) is 5.75 Å². The van der Waals surface area contributed by atoms with Gasteiger partial charge in [-0.05, 0) is 35.7 Å². The van der Waals surface area contributed by atoms with Gasteiger partial charge in [0.2, 0.25) is 5.91 Å². The first-order valence-electron chi connectivity index (χ1n) is 7.93. The fraction of sp³-hybridized carbons (Fsp3) is 0.211. The molecule has 0 aliphatic heterocycles. The maximum absolute atomic E-state index is 12.1. The van der Waals surface area contributed by atoms with Crippen LogP contribution >= 0.6 is 11.8 Å². The number of aromatic carboxylic acids is 1. The number of anilines is 1. The molecule has 6 nitrogen and oxygen atoms in total. The smallest absolute Gasteiger partial charge is 0.339 e. The molecule has 0 unspecified atom stereocenters. The van der Waals surface area contributed by atoms with Crippen molar-refractivity contribution < 1.29 is 24.6 Å². The molecule has 0 atom stereocenters. The average molecular weight is 373 g/mol. The van der Waals surface area contributed by atoms with Crippen molar-refractivity contribution in [3.05, 3.63) is 59.2 Å². The number of carbonyl (C=O) groups excluding carboxylic acids is 2. The van der Waals surface area contributed by atoms with Gasteiger partial charge in [-0.25, -0.2) is 4.79 Å². The molecule has 136 valence electrons. The molecule has 0 saturated carbocycles. The third kappa shape index (κ3) is 5.63. The highest BCUT2D eigenvalue weighted by molar-refractivity contribution is 8.12. The number of carboxylic acid groups (broad SMARTS) is 1. The molecule has 26 heavy (non-hydrogen) atoms. The summed E-state index contributed by atoms with van der Waals surface area (Å²) >= 11 is 1.22. The van der Waals surface area contributed by atoms with E-state index in [0.717, 1.165) is 11.1 Å². The lowest BCUT2D eigenvalue weighted by atomic mass is 10.0. The molecule has 0 heterocycles. The van der Waals surface area contributed by atoms with Crippen LogP contribution in [0.15, 0.2) is 42.5 Å². The summed E-state index contributed by atoms with van der Waals surface area (Å²) in [7, 11) is 0. The maximum Gasteiger partial charge on any atom is 0.339 e. The molecule has 0 aliphatic carbocycles. The van der Waals surface area contributed by atoms with Crippen LogP contribution in [-0.4, -0.2) is 27.2 Å². The van der Waals surface area contributed by atoms with Gasteiger partial charge in [0.1, 0.15) is 11.3 Å². The second kappa shape index (κ2) is 9.05. The van der Waals surface area contributed by atoms with E-state index in [1.54, 1.807) is 0 Å². The van der Waals surface area contributed by atoms with Crippen molar-refractivity contribution in [1.29, 1.82) is 0 Å². The molecule has 2 aromatic carbocycles. The molecule has 0 bridgehead atoms. The Morgan fingerprint density at radius 1 is 1.08 bits per heavy atom. The number of carboxylic acids is 1. The predicted octanol–water partition coefficient (Wildman–Crippen LogP) is 3.44. The monoisotopic (exact) mass is 373 g/mol. The summed E-state index contributed by atoms with van der Waals surface area (Å²) < 4.78 is 0. The van der Waals surface area contributed by atoms with Crippen molar-refractivity contribution in [2.24, 2.45) is 0 Å². The van der Waals surface area contributed by atoms with Crippen molar-refractivity contribution in [1.82, 2.24) is 0 Å². The third-order valence-corrected chi connectivity index (χ3v) is 4.54. The number of aryl methyl sites for hydroxylation is 1. The molecule has 2 rings (SSSR count). The summed E-state index contributed by atoms with van der Waals surface area (Å²) in [6.45, 7) is 1.52. The summed E-state index contributed by atoms with van der Waals surface area (Å²) in [4.78, 5) is 34.3. The number of hydrogen-bond donors (Lipinski definition) is 3. The highest BCUT2D eigenvalue weighted by Gasteiger charge is 2.12. The number of carbonyl (C=O) groups is 3. The van der Waals surface area contributed by atoms with Crippen LogP contribution in [0.3, 0.4) is 0 Å². The van der Waals surface area contributed by atoms with E-state index in [1.807, 2.05) is 24.3 Å². The SMILES string of the molecule is CC(=O)SCc1ccccc1CCC(=O)Nc1ccc(O)c(C(=O)O)c1. The molecule has 0 fully saturated rings. The van der Waals surface area contributed by atoms with Crippen LogP contribution in [0.1, 0.15) is 34.8 Å². The van der Waals surface area contributed by atoms with Crippen molar-refractivity contribution in [3.63, 3.8) is 0 Å². The number of phenols is 1. The molecule has 1 amide bonds. The van der Waals surface area contributed by atoms with Crippen molar-refractivity contribution >= 4 is 34.4 Å². The molecular formula is C19H19NO5S. The molecule has 0 saturated heterocycles. The topological polar surface area (TPSA) is 104 Å². The van der Waals surface area contributed by atoms with E-state index in [1.165, 1.54) is 36.9 Å². The van der Waals surface area contributed by atoms with Crippen LogP contribution in [0, 0.1) is 0 Å². The Labute approximate surface area is 155 Å². The highest BCUT2D eigenvalue weighted by Crippen LogP contribution is 2.22. The van der Waals surface area contributed by atoms with E-state index >= 15 is 0 Å². The van der Waals surface area contributed by atoms with E-state index in [-0.39, 0.29) is 28.8 Å². The lowest BCUT2D eigenvalue weighted by Crippen LogP contribution is -2.13. The van der Waals surface area contributed by atoms with Crippen LogP contribution < -0.4 is 5.32 Å². The zero-order valence-corrected chi connectivity index (χ0v) is 15.0. The zero-order chi connectivity index (χ0) is 19.1. The second-order valence-corrected chi connectivity index (χ2v) is 6.79. The Morgan fingerprint density at radius 3 is 2.42 bits per heavy atom. The Morgan fingerprint density at radius 2 is 1.77 bits per heavy atom. The number of benzene rings is 2. The number of hydrogen-bond acceptors (Lipinski definition) is 5. The normalized spacial score (nSPS) is 10.3. The molecule has 2 aromatic rings. The second-order valence-electron chi connectivity index (χ2n) is 5.63. The first kappa shape index (κ1) is 19.5. The van der Waals surface area contributed by atoms with Gasteiger partial charge in [0.25, 0.3) is 0 Å². The standard InChI is InChI=1S/C19H19NO5S/c1-12(21)26-11-14-5-3-2-4-13(14)6-9-18(23)20-15-7-8-17(22)16(10-15)19(24)25/h2-5,7-8,10,22H,6,9,11H2,1H3,(H,20,23)(H,24,25). The van der Waals surface area contributed by atoms with Gasteiger partial charge < -0.3 is 15.5 Å². The molecule has 7 heteroatoms. The first-order valence-corrected chi connectivity index (χ1v) is 8.91.